The number of nitrogens with zero attached hydrogens (tertiary/aromatic N) is 1. The van der Waals surface area contributed by atoms with Gasteiger partial charge in [-0.15, -0.1) is 0 Å². The molecule has 0 aromatic heterocycles. The molecule has 0 saturated carbocycles. The van der Waals surface area contributed by atoms with Gasteiger partial charge in [0.1, 0.15) is 4.32 Å². The zero-order chi connectivity index (χ0) is 20.7. The number of hydrogen-bond donors (Lipinski definition) is 1. The van der Waals surface area contributed by atoms with Gasteiger partial charge in [0.2, 0.25) is 5.91 Å². The fourth-order valence-corrected chi connectivity index (χ4v) is 3.83. The molecule has 9 heteroatoms. The van der Waals surface area contributed by atoms with Gasteiger partial charge in [-0.2, -0.15) is 0 Å². The van der Waals surface area contributed by atoms with Crippen LogP contribution in [-0.2, 0) is 14.3 Å². The number of anilines is 1. The molecule has 1 fully saturated rings. The number of likely N-dealkylation sites (tertiary alicyclic amines) is 1. The van der Waals surface area contributed by atoms with Crippen molar-refractivity contribution in [2.45, 2.75) is 19.8 Å². The number of nitrogens with one attached hydrogen (secondary N) is 1. The minimum Gasteiger partial charge on any atom is -0.465 e. The normalized spacial score (nSPS) is 14.3. The molecule has 1 heterocycles. The van der Waals surface area contributed by atoms with Gasteiger partial charge in [-0.1, -0.05) is 30.9 Å². The third kappa shape index (κ3) is 5.93. The summed E-state index contributed by atoms with van der Waals surface area (Å²) in [6, 6.07) is 4.25. The first-order valence-electron chi connectivity index (χ1n) is 8.88. The molecule has 2 rings (SSSR count). The average Bonchev–Trinajstić information content (AvgIpc) is 2.71. The molecule has 1 aliphatic rings. The number of esters is 2. The molecule has 0 bridgehead atoms. The van der Waals surface area contributed by atoms with Gasteiger partial charge in [-0.05, 0) is 37.0 Å². The Morgan fingerprint density at radius 3 is 2.43 bits per heavy atom. The molecule has 1 aliphatic heterocycles. The van der Waals surface area contributed by atoms with Gasteiger partial charge in [0.25, 0.3) is 0 Å². The van der Waals surface area contributed by atoms with Crippen molar-refractivity contribution >= 4 is 51.8 Å². The molecule has 1 aromatic carbocycles. The Balaban J connectivity index is 2.02. The molecule has 0 atom stereocenters. The SMILES string of the molecule is COC(=O)c1ccc(C(=O)OC)c(NC(=O)CSC(=S)N2CCC(C)CC2)c1. The van der Waals surface area contributed by atoms with Crippen LogP contribution in [0.5, 0.6) is 0 Å². The summed E-state index contributed by atoms with van der Waals surface area (Å²) >= 11 is 6.71. The van der Waals surface area contributed by atoms with Crippen LogP contribution in [0.25, 0.3) is 0 Å². The number of hydrogen-bond acceptors (Lipinski definition) is 7. The number of carbonyl (C=O) groups is 3. The molecule has 1 amide bonds. The lowest BCUT2D eigenvalue weighted by atomic mass is 10.00. The largest absolute Gasteiger partial charge is 0.465 e. The summed E-state index contributed by atoms with van der Waals surface area (Å²) in [7, 11) is 2.50. The summed E-state index contributed by atoms with van der Waals surface area (Å²) in [5.74, 6) is -0.705. The van der Waals surface area contributed by atoms with E-state index in [4.69, 9.17) is 17.0 Å². The third-order valence-electron chi connectivity index (χ3n) is 4.49. The molecular formula is C19H24N2O5S2. The number of carbonyl (C=O) groups excluding carboxylic acids is 3. The number of benzene rings is 1. The smallest absolute Gasteiger partial charge is 0.339 e. The van der Waals surface area contributed by atoms with E-state index in [0.29, 0.717) is 10.2 Å². The molecule has 0 radical (unpaired) electrons. The third-order valence-corrected chi connectivity index (χ3v) is 6.01. The fraction of sp³-hybridized carbons (Fsp3) is 0.474. The van der Waals surface area contributed by atoms with Crippen LogP contribution < -0.4 is 5.32 Å². The van der Waals surface area contributed by atoms with Gasteiger partial charge in [0, 0.05) is 13.1 Å². The maximum atomic E-state index is 12.4. The van der Waals surface area contributed by atoms with Crippen molar-refractivity contribution in [1.29, 1.82) is 0 Å². The van der Waals surface area contributed by atoms with Gasteiger partial charge in [-0.25, -0.2) is 9.59 Å². The molecule has 152 valence electrons. The predicted molar refractivity (Wildman–Crippen MR) is 113 cm³/mol. The summed E-state index contributed by atoms with van der Waals surface area (Å²) in [6.07, 6.45) is 2.19. The number of piperidine rings is 1. The van der Waals surface area contributed by atoms with E-state index in [1.165, 1.54) is 44.2 Å². The Morgan fingerprint density at radius 1 is 1.18 bits per heavy atom. The van der Waals surface area contributed by atoms with Crippen molar-refractivity contribution in [1.82, 2.24) is 4.90 Å². The van der Waals surface area contributed by atoms with Gasteiger partial charge < -0.3 is 19.7 Å². The van der Waals surface area contributed by atoms with Crippen molar-refractivity contribution in [3.63, 3.8) is 0 Å². The van der Waals surface area contributed by atoms with Crippen LogP contribution in [0.15, 0.2) is 18.2 Å². The standard InChI is InChI=1S/C19H24N2O5S2/c1-12-6-8-21(9-7-12)19(27)28-11-16(22)20-15-10-13(17(23)25-2)4-5-14(15)18(24)26-3/h4-5,10,12H,6-9,11H2,1-3H3,(H,20,22). The number of thioether (sulfide) groups is 1. The van der Waals surface area contributed by atoms with E-state index in [1.807, 2.05) is 0 Å². The first-order valence-corrected chi connectivity index (χ1v) is 10.3. The second kappa shape index (κ2) is 10.4. The van der Waals surface area contributed by atoms with E-state index in [-0.39, 0.29) is 28.5 Å². The topological polar surface area (TPSA) is 84.9 Å². The van der Waals surface area contributed by atoms with Gasteiger partial charge in [0.15, 0.2) is 0 Å². The summed E-state index contributed by atoms with van der Waals surface area (Å²) in [4.78, 5) is 38.2. The Morgan fingerprint density at radius 2 is 1.82 bits per heavy atom. The number of thiocarbonyl (C=S) groups is 1. The van der Waals surface area contributed by atoms with Crippen molar-refractivity contribution in [3.8, 4) is 0 Å². The van der Waals surface area contributed by atoms with E-state index in [1.54, 1.807) is 0 Å². The summed E-state index contributed by atoms with van der Waals surface area (Å²) in [5.41, 5.74) is 0.565. The Labute approximate surface area is 174 Å². The molecular weight excluding hydrogens is 400 g/mol. The van der Waals surface area contributed by atoms with E-state index >= 15 is 0 Å². The highest BCUT2D eigenvalue weighted by atomic mass is 32.2. The Bertz CT molecular complexity index is 761. The molecule has 28 heavy (non-hydrogen) atoms. The summed E-state index contributed by atoms with van der Waals surface area (Å²) < 4.78 is 10.1. The molecule has 7 nitrogen and oxygen atoms in total. The highest BCUT2D eigenvalue weighted by Crippen LogP contribution is 2.22. The Hall–Kier alpha value is -2.13. The lowest BCUT2D eigenvalue weighted by molar-refractivity contribution is -0.113. The highest BCUT2D eigenvalue weighted by Gasteiger charge is 2.20. The maximum absolute atomic E-state index is 12.4. The van der Waals surface area contributed by atoms with Crippen molar-refractivity contribution < 1.29 is 23.9 Å². The number of amides is 1. The van der Waals surface area contributed by atoms with Gasteiger partial charge >= 0.3 is 11.9 Å². The minimum atomic E-state index is -0.614. The molecule has 1 N–H and O–H groups in total. The van der Waals surface area contributed by atoms with Gasteiger partial charge in [-0.3, -0.25) is 4.79 Å². The number of ether oxygens (including phenoxy) is 2. The van der Waals surface area contributed by atoms with E-state index < -0.39 is 11.9 Å². The quantitative estimate of drug-likeness (QED) is 0.570. The van der Waals surface area contributed by atoms with Crippen LogP contribution in [0.2, 0.25) is 0 Å². The predicted octanol–water partition coefficient (Wildman–Crippen LogP) is 2.95. The molecule has 1 saturated heterocycles. The number of rotatable bonds is 5. The zero-order valence-corrected chi connectivity index (χ0v) is 17.8. The van der Waals surface area contributed by atoms with E-state index in [9.17, 15) is 14.4 Å². The first-order chi connectivity index (χ1) is 13.3. The van der Waals surface area contributed by atoms with Crippen molar-refractivity contribution in [3.05, 3.63) is 29.3 Å². The Kier molecular flexibility index (Phi) is 8.25. The summed E-state index contributed by atoms with van der Waals surface area (Å²) in [6.45, 7) is 4.03. The van der Waals surface area contributed by atoms with Crippen LogP contribution in [0, 0.1) is 5.92 Å². The van der Waals surface area contributed by atoms with E-state index in [2.05, 4.69) is 21.9 Å². The second-order valence-electron chi connectivity index (χ2n) is 6.52. The van der Waals surface area contributed by atoms with Crippen molar-refractivity contribution in [2.24, 2.45) is 5.92 Å². The number of methoxy groups -OCH3 is 2. The minimum absolute atomic E-state index is 0.105. The first kappa shape index (κ1) is 22.2. The molecule has 0 unspecified atom stereocenters. The highest BCUT2D eigenvalue weighted by molar-refractivity contribution is 8.23. The maximum Gasteiger partial charge on any atom is 0.339 e. The second-order valence-corrected chi connectivity index (χ2v) is 8.13. The van der Waals surface area contributed by atoms with Crippen LogP contribution in [0.1, 0.15) is 40.5 Å². The van der Waals surface area contributed by atoms with Crippen molar-refractivity contribution in [2.75, 3.05) is 38.4 Å². The van der Waals surface area contributed by atoms with Crippen LogP contribution in [0.3, 0.4) is 0 Å². The van der Waals surface area contributed by atoms with Crippen LogP contribution in [-0.4, -0.2) is 60.1 Å². The average molecular weight is 425 g/mol. The van der Waals surface area contributed by atoms with Crippen LogP contribution in [0.4, 0.5) is 5.69 Å². The zero-order valence-electron chi connectivity index (χ0n) is 16.1. The van der Waals surface area contributed by atoms with Gasteiger partial charge in [0.05, 0.1) is 36.8 Å². The van der Waals surface area contributed by atoms with E-state index in [0.717, 1.165) is 25.9 Å². The van der Waals surface area contributed by atoms with Crippen LogP contribution >= 0.6 is 24.0 Å². The fourth-order valence-electron chi connectivity index (χ4n) is 2.78. The molecule has 0 aliphatic carbocycles. The summed E-state index contributed by atoms with van der Waals surface area (Å²) in [5, 5.41) is 2.66. The lowest BCUT2D eigenvalue weighted by Gasteiger charge is -2.31. The lowest BCUT2D eigenvalue weighted by Crippen LogP contribution is -2.36. The molecule has 0 spiro atoms. The monoisotopic (exact) mass is 424 g/mol. The molecule has 1 aromatic rings.